The van der Waals surface area contributed by atoms with E-state index in [1.807, 2.05) is 38.1 Å². The SMILES string of the molecule is CC(C)NC(=O)n1nc(C(=O)N[C@H]2CN3CCC2CC3)c2ccccc21. The molecule has 2 aromatic rings. The first-order valence-electron chi connectivity index (χ1n) is 9.35. The molecule has 0 radical (unpaired) electrons. The van der Waals surface area contributed by atoms with Crippen LogP contribution in [0.4, 0.5) is 4.79 Å². The number of aromatic nitrogens is 2. The standard InChI is InChI=1S/C19H25N5O2/c1-12(2)20-19(26)24-16-6-4-3-5-14(16)17(22-24)18(25)21-15-11-23-9-7-13(15)8-10-23/h3-6,12-13,15H,7-11H2,1-2H3,(H,20,26)(H,21,25)/t15-/m0/s1. The minimum atomic E-state index is -0.321. The summed E-state index contributed by atoms with van der Waals surface area (Å²) in [4.78, 5) is 27.8. The van der Waals surface area contributed by atoms with Crippen molar-refractivity contribution in [3.8, 4) is 0 Å². The van der Waals surface area contributed by atoms with Crippen LogP contribution in [0.2, 0.25) is 0 Å². The molecule has 0 spiro atoms. The van der Waals surface area contributed by atoms with Crippen LogP contribution < -0.4 is 10.6 Å². The molecule has 26 heavy (non-hydrogen) atoms. The van der Waals surface area contributed by atoms with E-state index in [-0.39, 0.29) is 24.0 Å². The number of fused-ring (bicyclic) bond motifs is 4. The summed E-state index contributed by atoms with van der Waals surface area (Å²) >= 11 is 0. The van der Waals surface area contributed by atoms with E-state index in [1.165, 1.54) is 4.68 Å². The number of para-hydroxylation sites is 1. The van der Waals surface area contributed by atoms with Gasteiger partial charge in [-0.05, 0) is 51.8 Å². The van der Waals surface area contributed by atoms with Gasteiger partial charge in [0.25, 0.3) is 5.91 Å². The molecule has 2 amide bonds. The molecule has 3 saturated heterocycles. The molecule has 2 N–H and O–H groups in total. The number of hydrogen-bond donors (Lipinski definition) is 2. The van der Waals surface area contributed by atoms with Crippen LogP contribution >= 0.6 is 0 Å². The Morgan fingerprint density at radius 1 is 1.19 bits per heavy atom. The summed E-state index contributed by atoms with van der Waals surface area (Å²) in [5.74, 6) is 0.345. The average Bonchev–Trinajstić information content (AvgIpc) is 3.02. The molecule has 7 heteroatoms. The Labute approximate surface area is 152 Å². The van der Waals surface area contributed by atoms with Crippen LogP contribution in [0.1, 0.15) is 37.2 Å². The number of nitrogens with one attached hydrogen (secondary N) is 2. The zero-order chi connectivity index (χ0) is 18.3. The van der Waals surface area contributed by atoms with E-state index in [0.717, 1.165) is 32.5 Å². The second-order valence-electron chi connectivity index (χ2n) is 7.60. The van der Waals surface area contributed by atoms with Gasteiger partial charge >= 0.3 is 6.03 Å². The molecule has 3 aliphatic heterocycles. The molecule has 2 bridgehead atoms. The van der Waals surface area contributed by atoms with Gasteiger partial charge in [-0.3, -0.25) is 4.79 Å². The van der Waals surface area contributed by atoms with Crippen molar-refractivity contribution in [2.75, 3.05) is 19.6 Å². The fourth-order valence-electron chi connectivity index (χ4n) is 4.06. The summed E-state index contributed by atoms with van der Waals surface area (Å²) in [7, 11) is 0. The molecule has 1 aromatic heterocycles. The second kappa shape index (κ2) is 6.72. The molecule has 5 rings (SSSR count). The summed E-state index contributed by atoms with van der Waals surface area (Å²) in [6.07, 6.45) is 2.27. The van der Waals surface area contributed by atoms with E-state index in [2.05, 4.69) is 20.6 Å². The fraction of sp³-hybridized carbons (Fsp3) is 0.526. The normalized spacial score (nSPS) is 24.8. The zero-order valence-electron chi connectivity index (χ0n) is 15.2. The van der Waals surface area contributed by atoms with E-state index in [0.29, 0.717) is 22.5 Å². The van der Waals surface area contributed by atoms with Crippen molar-refractivity contribution in [2.24, 2.45) is 5.92 Å². The minimum Gasteiger partial charge on any atom is -0.346 e. The Bertz CT molecular complexity index is 836. The lowest BCUT2D eigenvalue weighted by Gasteiger charge is -2.44. The van der Waals surface area contributed by atoms with E-state index >= 15 is 0 Å². The number of piperidine rings is 3. The Kier molecular flexibility index (Phi) is 4.40. The third kappa shape index (κ3) is 3.07. The first-order chi connectivity index (χ1) is 12.5. The van der Waals surface area contributed by atoms with Gasteiger partial charge in [-0.15, -0.1) is 0 Å². The van der Waals surface area contributed by atoms with Gasteiger partial charge in [0.15, 0.2) is 5.69 Å². The van der Waals surface area contributed by atoms with E-state index < -0.39 is 0 Å². The Morgan fingerprint density at radius 2 is 1.92 bits per heavy atom. The van der Waals surface area contributed by atoms with Crippen molar-refractivity contribution in [1.82, 2.24) is 25.3 Å². The number of hydrogen-bond acceptors (Lipinski definition) is 4. The zero-order valence-corrected chi connectivity index (χ0v) is 15.2. The van der Waals surface area contributed by atoms with Crippen molar-refractivity contribution in [1.29, 1.82) is 0 Å². The topological polar surface area (TPSA) is 79.3 Å². The van der Waals surface area contributed by atoms with Gasteiger partial charge in [0, 0.05) is 24.0 Å². The number of carbonyl (C=O) groups excluding carboxylic acids is 2. The molecule has 0 aliphatic carbocycles. The Hall–Kier alpha value is -2.41. The molecule has 7 nitrogen and oxygen atoms in total. The van der Waals surface area contributed by atoms with E-state index in [1.54, 1.807) is 0 Å². The lowest BCUT2D eigenvalue weighted by molar-refractivity contribution is 0.0618. The van der Waals surface area contributed by atoms with E-state index in [4.69, 9.17) is 0 Å². The molecular weight excluding hydrogens is 330 g/mol. The summed E-state index contributed by atoms with van der Waals surface area (Å²) in [6, 6.07) is 7.20. The molecule has 1 aromatic carbocycles. The number of benzene rings is 1. The number of nitrogens with zero attached hydrogens (tertiary/aromatic N) is 3. The predicted molar refractivity (Wildman–Crippen MR) is 99.2 cm³/mol. The van der Waals surface area contributed by atoms with Crippen LogP contribution in [0.25, 0.3) is 10.9 Å². The second-order valence-corrected chi connectivity index (χ2v) is 7.60. The Balaban J connectivity index is 1.61. The maximum atomic E-state index is 12.9. The molecule has 4 heterocycles. The van der Waals surface area contributed by atoms with Crippen molar-refractivity contribution in [3.05, 3.63) is 30.0 Å². The van der Waals surface area contributed by atoms with Gasteiger partial charge in [0.05, 0.1) is 5.52 Å². The predicted octanol–water partition coefficient (Wildman–Crippen LogP) is 1.83. The van der Waals surface area contributed by atoms with Crippen LogP contribution in [0.5, 0.6) is 0 Å². The van der Waals surface area contributed by atoms with Crippen molar-refractivity contribution in [2.45, 2.75) is 38.8 Å². The highest BCUT2D eigenvalue weighted by atomic mass is 16.2. The third-order valence-electron chi connectivity index (χ3n) is 5.38. The summed E-state index contributed by atoms with van der Waals surface area (Å²) < 4.78 is 1.29. The number of amides is 2. The largest absolute Gasteiger partial charge is 0.346 e. The number of rotatable bonds is 3. The van der Waals surface area contributed by atoms with Gasteiger partial charge < -0.3 is 15.5 Å². The van der Waals surface area contributed by atoms with Gasteiger partial charge in [-0.25, -0.2) is 4.79 Å². The third-order valence-corrected chi connectivity index (χ3v) is 5.38. The van der Waals surface area contributed by atoms with Crippen LogP contribution in [0.3, 0.4) is 0 Å². The average molecular weight is 355 g/mol. The minimum absolute atomic E-state index is 0.00502. The smallest absolute Gasteiger partial charge is 0.342 e. The maximum absolute atomic E-state index is 12.9. The maximum Gasteiger partial charge on any atom is 0.342 e. The quantitative estimate of drug-likeness (QED) is 0.880. The molecule has 0 unspecified atom stereocenters. The van der Waals surface area contributed by atoms with Gasteiger partial charge in [0.2, 0.25) is 0 Å². The van der Waals surface area contributed by atoms with Crippen LogP contribution in [0.15, 0.2) is 24.3 Å². The molecule has 3 fully saturated rings. The summed E-state index contributed by atoms with van der Waals surface area (Å²) in [6.45, 7) is 6.95. The molecular formula is C19H25N5O2. The first kappa shape index (κ1) is 17.0. The monoisotopic (exact) mass is 355 g/mol. The van der Waals surface area contributed by atoms with Crippen molar-refractivity contribution in [3.63, 3.8) is 0 Å². The highest BCUT2D eigenvalue weighted by molar-refractivity contribution is 6.06. The highest BCUT2D eigenvalue weighted by Crippen LogP contribution is 2.28. The fourth-order valence-corrected chi connectivity index (χ4v) is 4.06. The first-order valence-corrected chi connectivity index (χ1v) is 9.35. The lowest BCUT2D eigenvalue weighted by atomic mass is 9.84. The van der Waals surface area contributed by atoms with E-state index in [9.17, 15) is 9.59 Å². The number of carbonyl (C=O) groups is 2. The van der Waals surface area contributed by atoms with Gasteiger partial charge in [-0.2, -0.15) is 9.78 Å². The Morgan fingerprint density at radius 3 is 2.58 bits per heavy atom. The highest BCUT2D eigenvalue weighted by Gasteiger charge is 2.35. The van der Waals surface area contributed by atoms with Gasteiger partial charge in [0.1, 0.15) is 0 Å². The van der Waals surface area contributed by atoms with Crippen LogP contribution in [-0.4, -0.2) is 58.3 Å². The molecule has 0 saturated carbocycles. The van der Waals surface area contributed by atoms with Crippen LogP contribution in [0, 0.1) is 5.92 Å². The summed E-state index contributed by atoms with van der Waals surface area (Å²) in [5.41, 5.74) is 0.959. The van der Waals surface area contributed by atoms with Gasteiger partial charge in [-0.1, -0.05) is 18.2 Å². The molecule has 138 valence electrons. The lowest BCUT2D eigenvalue weighted by Crippen LogP contribution is -2.57. The van der Waals surface area contributed by atoms with Crippen molar-refractivity contribution < 1.29 is 9.59 Å². The van der Waals surface area contributed by atoms with Crippen molar-refractivity contribution >= 4 is 22.8 Å². The molecule has 3 aliphatic rings. The van der Waals surface area contributed by atoms with Crippen LogP contribution in [-0.2, 0) is 0 Å². The molecule has 1 atom stereocenters. The summed E-state index contributed by atoms with van der Waals surface area (Å²) in [5, 5.41) is 11.0.